The van der Waals surface area contributed by atoms with Gasteiger partial charge in [0.15, 0.2) is 0 Å². The van der Waals surface area contributed by atoms with Crippen molar-refractivity contribution in [2.24, 2.45) is 0 Å². The first kappa shape index (κ1) is 20.4. The van der Waals surface area contributed by atoms with Crippen molar-refractivity contribution in [2.75, 3.05) is 6.54 Å². The highest BCUT2D eigenvalue weighted by atomic mass is 35.5. The second-order valence-electron chi connectivity index (χ2n) is 6.54. The summed E-state index contributed by atoms with van der Waals surface area (Å²) in [4.78, 5) is 24.9. The molecule has 0 saturated heterocycles. The van der Waals surface area contributed by atoms with E-state index in [1.165, 1.54) is 24.3 Å². The van der Waals surface area contributed by atoms with E-state index in [0.717, 1.165) is 11.3 Å². The maximum atomic E-state index is 12.9. The molecule has 1 aromatic heterocycles. The van der Waals surface area contributed by atoms with Crippen LogP contribution < -0.4 is 0 Å². The molecular formula is C22H20ClN3O3. The fourth-order valence-corrected chi connectivity index (χ4v) is 3.27. The zero-order valence-corrected chi connectivity index (χ0v) is 16.5. The van der Waals surface area contributed by atoms with Gasteiger partial charge in [0.25, 0.3) is 11.6 Å². The molecule has 0 aliphatic carbocycles. The van der Waals surface area contributed by atoms with Crippen molar-refractivity contribution in [1.29, 1.82) is 0 Å². The Labute approximate surface area is 173 Å². The Kier molecular flexibility index (Phi) is 6.46. The van der Waals surface area contributed by atoms with E-state index in [2.05, 4.69) is 11.1 Å². The number of carbonyl (C=O) groups is 1. The minimum atomic E-state index is -0.488. The SMILES string of the molecule is C=CCN(Cc1cccn1Cc1cccc(Cl)c1)C(=O)c1ccc([N+](=O)[O-])cc1. The summed E-state index contributed by atoms with van der Waals surface area (Å²) >= 11 is 6.08. The topological polar surface area (TPSA) is 68.4 Å². The van der Waals surface area contributed by atoms with Gasteiger partial charge in [-0.05, 0) is 42.0 Å². The van der Waals surface area contributed by atoms with E-state index in [4.69, 9.17) is 11.6 Å². The summed E-state index contributed by atoms with van der Waals surface area (Å²) in [5, 5.41) is 11.5. The highest BCUT2D eigenvalue weighted by molar-refractivity contribution is 6.30. The van der Waals surface area contributed by atoms with Gasteiger partial charge >= 0.3 is 0 Å². The molecule has 0 unspecified atom stereocenters. The lowest BCUT2D eigenvalue weighted by Crippen LogP contribution is -2.31. The van der Waals surface area contributed by atoms with Gasteiger partial charge in [0.05, 0.1) is 11.5 Å². The quantitative estimate of drug-likeness (QED) is 0.301. The van der Waals surface area contributed by atoms with Gasteiger partial charge in [-0.1, -0.05) is 29.8 Å². The van der Waals surface area contributed by atoms with Crippen LogP contribution in [0.1, 0.15) is 21.6 Å². The summed E-state index contributed by atoms with van der Waals surface area (Å²) in [6.45, 7) is 5.12. The van der Waals surface area contributed by atoms with Crippen molar-refractivity contribution in [2.45, 2.75) is 13.1 Å². The highest BCUT2D eigenvalue weighted by Crippen LogP contribution is 2.17. The van der Waals surface area contributed by atoms with Crippen LogP contribution in [0.15, 0.2) is 79.5 Å². The summed E-state index contributed by atoms with van der Waals surface area (Å²) in [6.07, 6.45) is 3.62. The maximum Gasteiger partial charge on any atom is 0.269 e. The molecule has 7 heteroatoms. The van der Waals surface area contributed by atoms with Gasteiger partial charge in [-0.2, -0.15) is 0 Å². The van der Waals surface area contributed by atoms with Gasteiger partial charge in [0, 0.05) is 47.7 Å². The van der Waals surface area contributed by atoms with Crippen LogP contribution in [0, 0.1) is 10.1 Å². The van der Waals surface area contributed by atoms with Gasteiger partial charge < -0.3 is 9.47 Å². The monoisotopic (exact) mass is 409 g/mol. The molecule has 3 aromatic rings. The molecule has 148 valence electrons. The van der Waals surface area contributed by atoms with Crippen molar-refractivity contribution in [1.82, 2.24) is 9.47 Å². The average molecular weight is 410 g/mol. The molecule has 2 aromatic carbocycles. The lowest BCUT2D eigenvalue weighted by molar-refractivity contribution is -0.384. The number of nitrogens with zero attached hydrogens (tertiary/aromatic N) is 3. The van der Waals surface area contributed by atoms with Crippen LogP contribution in [-0.2, 0) is 13.1 Å². The lowest BCUT2D eigenvalue weighted by Gasteiger charge is -2.22. The van der Waals surface area contributed by atoms with Crippen LogP contribution in [0.3, 0.4) is 0 Å². The number of benzene rings is 2. The lowest BCUT2D eigenvalue weighted by atomic mass is 10.1. The Morgan fingerprint density at radius 2 is 1.93 bits per heavy atom. The van der Waals surface area contributed by atoms with Crippen molar-refractivity contribution >= 4 is 23.2 Å². The minimum absolute atomic E-state index is 0.0489. The molecule has 29 heavy (non-hydrogen) atoms. The zero-order valence-electron chi connectivity index (χ0n) is 15.7. The Morgan fingerprint density at radius 3 is 2.59 bits per heavy atom. The molecule has 0 radical (unpaired) electrons. The number of non-ortho nitro benzene ring substituents is 1. The van der Waals surface area contributed by atoms with E-state index in [0.29, 0.717) is 30.2 Å². The summed E-state index contributed by atoms with van der Waals surface area (Å²) in [5.74, 6) is -0.213. The van der Waals surface area contributed by atoms with E-state index in [-0.39, 0.29) is 11.6 Å². The standard InChI is InChI=1S/C22H20ClN3O3/c1-2-12-25(22(27)18-8-10-20(11-9-18)26(28)29)16-21-7-4-13-24(21)15-17-5-3-6-19(23)14-17/h2-11,13-14H,1,12,15-16H2. The molecule has 3 rings (SSSR count). The van der Waals surface area contributed by atoms with Crippen LogP contribution in [0.2, 0.25) is 5.02 Å². The number of halogens is 1. The fourth-order valence-electron chi connectivity index (χ4n) is 3.06. The largest absolute Gasteiger partial charge is 0.345 e. The van der Waals surface area contributed by atoms with Crippen molar-refractivity contribution in [3.05, 3.63) is 111 Å². The van der Waals surface area contributed by atoms with E-state index in [1.54, 1.807) is 11.0 Å². The fraction of sp³-hybridized carbons (Fsp3) is 0.136. The first-order chi connectivity index (χ1) is 14.0. The van der Waals surface area contributed by atoms with Gasteiger partial charge in [0.1, 0.15) is 0 Å². The molecule has 1 heterocycles. The number of hydrogen-bond acceptors (Lipinski definition) is 3. The molecule has 0 spiro atoms. The third-order valence-electron chi connectivity index (χ3n) is 4.48. The van der Waals surface area contributed by atoms with E-state index < -0.39 is 4.92 Å². The van der Waals surface area contributed by atoms with Gasteiger partial charge in [-0.3, -0.25) is 14.9 Å². The zero-order chi connectivity index (χ0) is 20.8. The average Bonchev–Trinajstić information content (AvgIpc) is 3.14. The first-order valence-corrected chi connectivity index (χ1v) is 9.39. The number of carbonyl (C=O) groups excluding carboxylic acids is 1. The summed E-state index contributed by atoms with van der Waals surface area (Å²) in [7, 11) is 0. The molecule has 0 atom stereocenters. The van der Waals surface area contributed by atoms with Crippen LogP contribution in [0.25, 0.3) is 0 Å². The number of aromatic nitrogens is 1. The molecule has 0 N–H and O–H groups in total. The third kappa shape index (κ3) is 5.12. The van der Waals surface area contributed by atoms with Gasteiger partial charge in [-0.25, -0.2) is 0 Å². The molecule has 0 bridgehead atoms. The number of amides is 1. The van der Waals surface area contributed by atoms with Crippen LogP contribution in [0.4, 0.5) is 5.69 Å². The van der Waals surface area contributed by atoms with Crippen LogP contribution >= 0.6 is 11.6 Å². The molecule has 0 aliphatic rings. The maximum absolute atomic E-state index is 12.9. The van der Waals surface area contributed by atoms with Crippen molar-refractivity contribution in [3.63, 3.8) is 0 Å². The van der Waals surface area contributed by atoms with E-state index in [9.17, 15) is 14.9 Å². The van der Waals surface area contributed by atoms with Crippen LogP contribution in [0.5, 0.6) is 0 Å². The Hall–Kier alpha value is -3.38. The van der Waals surface area contributed by atoms with Crippen molar-refractivity contribution in [3.8, 4) is 0 Å². The van der Waals surface area contributed by atoms with Gasteiger partial charge in [0.2, 0.25) is 0 Å². The van der Waals surface area contributed by atoms with Crippen molar-refractivity contribution < 1.29 is 9.72 Å². The molecule has 6 nitrogen and oxygen atoms in total. The summed E-state index contributed by atoms with van der Waals surface area (Å²) < 4.78 is 2.06. The van der Waals surface area contributed by atoms with Gasteiger partial charge in [-0.15, -0.1) is 6.58 Å². The molecule has 1 amide bonds. The Balaban J connectivity index is 1.79. The number of nitro benzene ring substituents is 1. The summed E-state index contributed by atoms with van der Waals surface area (Å²) in [6, 6.07) is 17.2. The van der Waals surface area contributed by atoms with E-state index >= 15 is 0 Å². The second kappa shape index (κ2) is 9.21. The Bertz CT molecular complexity index is 1030. The molecule has 0 aliphatic heterocycles. The summed E-state index contributed by atoms with van der Waals surface area (Å²) in [5.41, 5.74) is 2.37. The number of hydrogen-bond donors (Lipinski definition) is 0. The predicted octanol–water partition coefficient (Wildman–Crippen LogP) is 4.93. The third-order valence-corrected chi connectivity index (χ3v) is 4.72. The molecular weight excluding hydrogens is 390 g/mol. The molecule has 0 saturated carbocycles. The Morgan fingerprint density at radius 1 is 1.17 bits per heavy atom. The number of rotatable bonds is 8. The predicted molar refractivity (Wildman–Crippen MR) is 113 cm³/mol. The number of nitro groups is 1. The van der Waals surface area contributed by atoms with E-state index in [1.807, 2.05) is 42.6 Å². The normalized spacial score (nSPS) is 10.5. The minimum Gasteiger partial charge on any atom is -0.345 e. The van der Waals surface area contributed by atoms with Crippen LogP contribution in [-0.4, -0.2) is 26.8 Å². The first-order valence-electron chi connectivity index (χ1n) is 9.01. The molecule has 0 fully saturated rings. The highest BCUT2D eigenvalue weighted by Gasteiger charge is 2.18. The smallest absolute Gasteiger partial charge is 0.269 e. The second-order valence-corrected chi connectivity index (χ2v) is 6.97.